The molecule has 7 aromatic rings. The first-order valence-electron chi connectivity index (χ1n) is 15.1. The van der Waals surface area contributed by atoms with Gasteiger partial charge in [-0.1, -0.05) is 106 Å². The number of fused-ring (bicyclic) bond motifs is 20. The van der Waals surface area contributed by atoms with Crippen LogP contribution in [-0.4, -0.2) is 24.9 Å². The molecule has 2 aromatic heterocycles. The Kier molecular flexibility index (Phi) is 8.31. The quantitative estimate of drug-likeness (QED) is 0.122. The van der Waals surface area contributed by atoms with Gasteiger partial charge in [-0.3, -0.25) is 4.98 Å². The van der Waals surface area contributed by atoms with Gasteiger partial charge in [0.05, 0.1) is 5.82 Å². The zero-order valence-corrected chi connectivity index (χ0v) is 26.2. The summed E-state index contributed by atoms with van der Waals surface area (Å²) in [7, 11) is 0. The minimum absolute atomic E-state index is 0. The van der Waals surface area contributed by atoms with E-state index < -0.39 is 0 Å². The molecule has 5 aromatic carbocycles. The molecule has 7 heteroatoms. The van der Waals surface area contributed by atoms with Gasteiger partial charge < -0.3 is 19.9 Å². The standard InChI is InChI=1S/C34H17N6.2C2H6.Cu/c1-3-11-21-19(9-1)27-17-29(21)36-31-23-13-5-7-15-25(23)33(38-31)40-34-26-16-8-6-14-24(26)32(39-34)37-30-18-28(35-27)20-10-2-4-12-22(20)30;2*1-2;/h1-17H;2*1-2H3;/q-3;;;. The van der Waals surface area contributed by atoms with Crippen LogP contribution in [0.15, 0.2) is 103 Å². The Balaban J connectivity index is 0.000000689. The van der Waals surface area contributed by atoms with E-state index in [0.29, 0.717) is 28.6 Å². The molecule has 1 aliphatic heterocycles. The van der Waals surface area contributed by atoms with E-state index in [4.69, 9.17) is 29.9 Å². The Morgan fingerprint density at radius 2 is 0.889 bits per heavy atom. The van der Waals surface area contributed by atoms with Crippen LogP contribution in [0.5, 0.6) is 0 Å². The van der Waals surface area contributed by atoms with E-state index in [0.717, 1.165) is 60.5 Å². The van der Waals surface area contributed by atoms with Crippen LogP contribution in [0.25, 0.3) is 89.2 Å². The summed E-state index contributed by atoms with van der Waals surface area (Å²) in [5.41, 5.74) is 8.11. The van der Waals surface area contributed by atoms with Gasteiger partial charge in [-0.05, 0) is 21.8 Å². The summed E-state index contributed by atoms with van der Waals surface area (Å²) in [6.07, 6.45) is 0. The van der Waals surface area contributed by atoms with Gasteiger partial charge in [-0.25, -0.2) is 4.98 Å². The maximum absolute atomic E-state index is 5.12. The summed E-state index contributed by atoms with van der Waals surface area (Å²) in [4.78, 5) is 30.0. The van der Waals surface area contributed by atoms with E-state index in [-0.39, 0.29) is 17.1 Å². The van der Waals surface area contributed by atoms with Crippen LogP contribution in [0.4, 0.5) is 0 Å². The molecule has 0 spiro atoms. The van der Waals surface area contributed by atoms with Crippen molar-refractivity contribution >= 4 is 43.9 Å². The molecule has 8 bridgehead atoms. The minimum atomic E-state index is 0. The van der Waals surface area contributed by atoms with Crippen LogP contribution >= 0.6 is 0 Å². The maximum Gasteiger partial charge on any atom is 0.159 e. The van der Waals surface area contributed by atoms with Crippen molar-refractivity contribution in [3.63, 3.8) is 0 Å². The molecule has 3 heterocycles. The second kappa shape index (κ2) is 12.5. The van der Waals surface area contributed by atoms with E-state index in [2.05, 4.69) is 30.3 Å². The molecule has 0 saturated heterocycles. The Hall–Kier alpha value is -5.10. The van der Waals surface area contributed by atoms with Crippen molar-refractivity contribution in [1.82, 2.24) is 29.9 Å². The van der Waals surface area contributed by atoms with E-state index in [1.807, 2.05) is 107 Å². The zero-order chi connectivity index (χ0) is 30.2. The van der Waals surface area contributed by atoms with Crippen LogP contribution < -0.4 is 4.98 Å². The molecule has 45 heavy (non-hydrogen) atoms. The van der Waals surface area contributed by atoms with Gasteiger partial charge in [0.25, 0.3) is 0 Å². The van der Waals surface area contributed by atoms with Crippen LogP contribution in [0.1, 0.15) is 27.7 Å². The first kappa shape index (κ1) is 29.9. The third-order valence-electron chi connectivity index (χ3n) is 7.56. The van der Waals surface area contributed by atoms with Gasteiger partial charge in [0.2, 0.25) is 0 Å². The van der Waals surface area contributed by atoms with Crippen molar-refractivity contribution in [3.8, 4) is 45.3 Å². The summed E-state index contributed by atoms with van der Waals surface area (Å²) in [6.45, 7) is 8.00. The van der Waals surface area contributed by atoms with Crippen LogP contribution in [0.3, 0.4) is 0 Å². The van der Waals surface area contributed by atoms with Crippen LogP contribution in [0, 0.1) is 6.07 Å². The number of nitrogens with zero attached hydrogens (tertiary/aromatic N) is 6. The van der Waals surface area contributed by atoms with Crippen molar-refractivity contribution in [2.24, 2.45) is 0 Å². The largest absolute Gasteiger partial charge is 0.388 e. The predicted molar refractivity (Wildman–Crippen MR) is 180 cm³/mol. The maximum atomic E-state index is 5.12. The fourth-order valence-electron chi connectivity index (χ4n) is 5.69. The SMILES string of the molecule is CC.CC.[Cu].[c-]1c2nc3[cH-]c(nc4nc(nc5[n-]c(nc1-c1ccccc1-2)c1ccccc51)-c1ccccc1-4)c1ccccc31. The molecular weight excluding hydrogens is 604 g/mol. The molecule has 1 radical (unpaired) electrons. The van der Waals surface area contributed by atoms with Crippen LogP contribution in [-0.2, 0) is 17.1 Å². The number of benzene rings is 4. The zero-order valence-electron chi connectivity index (χ0n) is 25.3. The first-order chi connectivity index (χ1) is 21.8. The monoisotopic (exact) mass is 632 g/mol. The molecule has 225 valence electrons. The Labute approximate surface area is 272 Å². The van der Waals surface area contributed by atoms with Crippen LogP contribution in [0.2, 0.25) is 0 Å². The van der Waals surface area contributed by atoms with E-state index in [9.17, 15) is 0 Å². The molecule has 0 amide bonds. The van der Waals surface area contributed by atoms with E-state index in [1.165, 1.54) is 0 Å². The molecule has 0 saturated carbocycles. The molecule has 0 fully saturated rings. The minimum Gasteiger partial charge on any atom is -0.388 e. The molecule has 1 aliphatic carbocycles. The molecule has 0 atom stereocenters. The summed E-state index contributed by atoms with van der Waals surface area (Å²) in [6, 6.07) is 38.0. The Morgan fingerprint density at radius 1 is 0.467 bits per heavy atom. The Bertz CT molecular complexity index is 2030. The third-order valence-corrected chi connectivity index (χ3v) is 7.56. The van der Waals surface area contributed by atoms with E-state index >= 15 is 0 Å². The van der Waals surface area contributed by atoms with E-state index in [1.54, 1.807) is 0 Å². The van der Waals surface area contributed by atoms with Crippen molar-refractivity contribution in [3.05, 3.63) is 109 Å². The van der Waals surface area contributed by atoms with Crippen molar-refractivity contribution < 1.29 is 17.1 Å². The summed E-state index contributed by atoms with van der Waals surface area (Å²) >= 11 is 0. The number of rotatable bonds is 0. The summed E-state index contributed by atoms with van der Waals surface area (Å²) in [5.74, 6) is 1.21. The Morgan fingerprint density at radius 3 is 1.47 bits per heavy atom. The average Bonchev–Trinajstić information content (AvgIpc) is 3.82. The number of aromatic nitrogens is 6. The van der Waals surface area contributed by atoms with Crippen molar-refractivity contribution in [2.45, 2.75) is 27.7 Å². The molecule has 9 rings (SSSR count). The molecule has 0 N–H and O–H groups in total. The predicted octanol–water partition coefficient (Wildman–Crippen LogP) is 9.34. The third kappa shape index (κ3) is 5.00. The number of hydrogen-bond acceptors (Lipinski definition) is 5. The van der Waals surface area contributed by atoms with Gasteiger partial charge in [0, 0.05) is 39.5 Å². The number of hydrogen-bond donors (Lipinski definition) is 0. The summed E-state index contributed by atoms with van der Waals surface area (Å²) < 4.78 is 0. The second-order valence-electron chi connectivity index (χ2n) is 9.88. The molecular formula is C38H29CuN6-3. The fourth-order valence-corrected chi connectivity index (χ4v) is 5.69. The first-order valence-corrected chi connectivity index (χ1v) is 15.1. The van der Waals surface area contributed by atoms with Crippen molar-refractivity contribution in [1.29, 1.82) is 0 Å². The van der Waals surface area contributed by atoms with Gasteiger partial charge in [0.15, 0.2) is 5.82 Å². The average molecular weight is 633 g/mol. The fraction of sp³-hybridized carbons (Fsp3) is 0.105. The van der Waals surface area contributed by atoms with Gasteiger partial charge >= 0.3 is 0 Å². The molecule has 6 nitrogen and oxygen atoms in total. The van der Waals surface area contributed by atoms with Gasteiger partial charge in [-0.15, -0.1) is 58.4 Å². The molecule has 0 unspecified atom stereocenters. The topological polar surface area (TPSA) is 78.5 Å². The van der Waals surface area contributed by atoms with Gasteiger partial charge in [0.1, 0.15) is 0 Å². The second-order valence-corrected chi connectivity index (χ2v) is 9.88. The molecule has 2 aliphatic rings. The summed E-state index contributed by atoms with van der Waals surface area (Å²) in [5, 5.41) is 3.89. The van der Waals surface area contributed by atoms with Gasteiger partial charge in [-0.2, -0.15) is 5.56 Å². The van der Waals surface area contributed by atoms with Crippen molar-refractivity contribution in [2.75, 3.05) is 0 Å². The normalized spacial score (nSPS) is 10.9. The smallest absolute Gasteiger partial charge is 0.159 e.